The fourth-order valence-electron chi connectivity index (χ4n) is 6.59. The zero-order valence-electron chi connectivity index (χ0n) is 29.4. The highest BCUT2D eigenvalue weighted by molar-refractivity contribution is 5.67. The molecule has 22 nitrogen and oxygen atoms in total. The summed E-state index contributed by atoms with van der Waals surface area (Å²) in [5.74, 6) is 1.27. The Labute approximate surface area is 298 Å². The number of aryl methyl sites for hydroxylation is 4. The van der Waals surface area contributed by atoms with Gasteiger partial charge in [0.05, 0.1) is 29.3 Å². The van der Waals surface area contributed by atoms with Crippen LogP contribution in [0.15, 0.2) is 20.5 Å². The number of hydrogen-bond donors (Lipinski definition) is 8. The summed E-state index contributed by atoms with van der Waals surface area (Å²) in [6, 6.07) is 2.21. The number of hydrogen-bond acceptors (Lipinski definition) is 17. The Morgan fingerprint density at radius 1 is 0.692 bits per heavy atom. The van der Waals surface area contributed by atoms with E-state index in [1.165, 1.54) is 0 Å². The summed E-state index contributed by atoms with van der Waals surface area (Å²) in [4.78, 5) is 3.68. The van der Waals surface area contributed by atoms with E-state index in [1.807, 2.05) is 6.92 Å². The van der Waals surface area contributed by atoms with E-state index in [1.54, 1.807) is 39.5 Å². The number of piperazine rings is 2. The summed E-state index contributed by atoms with van der Waals surface area (Å²) in [5, 5.41) is 66.7. The number of nitrogens with one attached hydrogen (secondary N) is 6. The van der Waals surface area contributed by atoms with Gasteiger partial charge >= 0.3 is 0 Å². The van der Waals surface area contributed by atoms with Crippen LogP contribution in [0.4, 0.5) is 40.3 Å². The van der Waals surface area contributed by atoms with Crippen LogP contribution in [-0.4, -0.2) is 84.9 Å². The molecule has 0 bridgehead atoms. The van der Waals surface area contributed by atoms with E-state index in [-0.39, 0.29) is 24.3 Å². The van der Waals surface area contributed by atoms with E-state index >= 15 is 0 Å². The van der Waals surface area contributed by atoms with Gasteiger partial charge in [-0.2, -0.15) is 25.7 Å². The van der Waals surface area contributed by atoms with E-state index < -0.39 is 6.29 Å². The third kappa shape index (κ3) is 6.38. The summed E-state index contributed by atoms with van der Waals surface area (Å²) in [7, 11) is 0. The fourth-order valence-corrected chi connectivity index (χ4v) is 6.59. The fraction of sp³-hybridized carbons (Fsp3) is 0.533. The maximum absolute atomic E-state index is 9.87. The van der Waals surface area contributed by atoms with Crippen molar-refractivity contribution in [1.29, 1.82) is 5.26 Å². The molecule has 0 amide bonds. The van der Waals surface area contributed by atoms with Crippen molar-refractivity contribution in [3.8, 4) is 6.07 Å². The quantitative estimate of drug-likeness (QED) is 0.0957. The maximum Gasteiger partial charge on any atom is 0.254 e. The predicted molar refractivity (Wildman–Crippen MR) is 190 cm³/mol. The molecular weight excluding hydrogens is 668 g/mol. The maximum atomic E-state index is 9.87. The van der Waals surface area contributed by atoms with Gasteiger partial charge in [0.2, 0.25) is 0 Å². The molecule has 4 aromatic heterocycles. The van der Waals surface area contributed by atoms with Gasteiger partial charge in [0.1, 0.15) is 30.1 Å². The number of nitrogen functional groups attached to an aromatic ring is 2. The minimum atomic E-state index is -0.537. The van der Waals surface area contributed by atoms with Crippen LogP contribution < -0.4 is 43.4 Å². The van der Waals surface area contributed by atoms with Crippen molar-refractivity contribution in [2.24, 2.45) is 20.5 Å². The molecule has 0 spiro atoms. The number of nitrogens with two attached hydrogens (primary N) is 2. The molecule has 4 atom stereocenters. The number of nitrogens with zero attached hydrogens (tertiary/aromatic N) is 14. The van der Waals surface area contributed by atoms with Crippen LogP contribution in [0.3, 0.4) is 0 Å². The molecule has 3 aliphatic heterocycles. The lowest BCUT2D eigenvalue weighted by Crippen LogP contribution is -2.49. The molecule has 4 aromatic rings. The molecule has 3 fully saturated rings. The number of aromatic nitrogens is 8. The van der Waals surface area contributed by atoms with E-state index in [0.717, 1.165) is 26.2 Å². The molecule has 0 aromatic carbocycles. The molecule has 272 valence electrons. The predicted octanol–water partition coefficient (Wildman–Crippen LogP) is 1.74. The zero-order valence-corrected chi connectivity index (χ0v) is 29.4. The molecule has 3 saturated heterocycles. The second-order valence-electron chi connectivity index (χ2n) is 12.8. The second-order valence-corrected chi connectivity index (χ2v) is 12.8. The van der Waals surface area contributed by atoms with Crippen LogP contribution in [0, 0.1) is 45.6 Å². The van der Waals surface area contributed by atoms with Gasteiger partial charge in [0.15, 0.2) is 40.9 Å². The molecule has 22 heteroatoms. The van der Waals surface area contributed by atoms with Crippen molar-refractivity contribution >= 4 is 40.3 Å². The first-order valence-electron chi connectivity index (χ1n) is 17.1. The van der Waals surface area contributed by atoms with Crippen LogP contribution in [0.1, 0.15) is 59.5 Å². The van der Waals surface area contributed by atoms with Gasteiger partial charge in [-0.3, -0.25) is 21.3 Å². The topological polar surface area (TPSA) is 273 Å². The van der Waals surface area contributed by atoms with Crippen LogP contribution in [0.2, 0.25) is 0 Å². The van der Waals surface area contributed by atoms with Crippen LogP contribution in [0.25, 0.3) is 4.85 Å². The number of anilines is 2. The van der Waals surface area contributed by atoms with E-state index in [9.17, 15) is 5.26 Å². The highest BCUT2D eigenvalue weighted by Crippen LogP contribution is 2.38. The van der Waals surface area contributed by atoms with Gasteiger partial charge in [0, 0.05) is 45.8 Å². The van der Waals surface area contributed by atoms with Gasteiger partial charge in [0.25, 0.3) is 5.69 Å². The minimum Gasteiger partial charge on any atom is -0.382 e. The molecule has 0 saturated carbocycles. The third-order valence-corrected chi connectivity index (χ3v) is 9.26. The Bertz CT molecular complexity index is 1940. The molecule has 4 unspecified atom stereocenters. The smallest absolute Gasteiger partial charge is 0.254 e. The monoisotopic (exact) mass is 710 g/mol. The Balaban J connectivity index is 1.12. The summed E-state index contributed by atoms with van der Waals surface area (Å²) in [6.07, 6.45) is -0.597. The van der Waals surface area contributed by atoms with E-state index in [4.69, 9.17) is 23.1 Å². The van der Waals surface area contributed by atoms with Crippen molar-refractivity contribution < 1.29 is 0 Å². The zero-order chi connectivity index (χ0) is 36.5. The highest BCUT2D eigenvalue weighted by Gasteiger charge is 2.30. The summed E-state index contributed by atoms with van der Waals surface area (Å²) in [5.41, 5.74) is 17.0. The van der Waals surface area contributed by atoms with Gasteiger partial charge < -0.3 is 22.1 Å². The molecule has 7 heterocycles. The first-order valence-corrected chi connectivity index (χ1v) is 17.1. The molecule has 3 aliphatic rings. The molecule has 7 rings (SSSR count). The average Bonchev–Trinajstić information content (AvgIpc) is 3.85. The van der Waals surface area contributed by atoms with E-state index in [0.29, 0.717) is 88.9 Å². The first kappa shape index (κ1) is 34.8. The summed E-state index contributed by atoms with van der Waals surface area (Å²) < 4.78 is 6.66. The van der Waals surface area contributed by atoms with Crippen molar-refractivity contribution in [3.05, 3.63) is 39.8 Å². The van der Waals surface area contributed by atoms with Crippen molar-refractivity contribution in [2.75, 3.05) is 57.3 Å². The van der Waals surface area contributed by atoms with E-state index in [2.05, 4.69) is 78.6 Å². The van der Waals surface area contributed by atoms with Crippen molar-refractivity contribution in [2.45, 2.75) is 58.9 Å². The number of azo groups is 2. The lowest BCUT2D eigenvalue weighted by atomic mass is 10.2. The van der Waals surface area contributed by atoms with Gasteiger partial charge in [-0.15, -0.1) is 20.5 Å². The Kier molecular flexibility index (Phi) is 9.74. The molecule has 0 radical (unpaired) electrons. The largest absolute Gasteiger partial charge is 0.382 e. The highest BCUT2D eigenvalue weighted by atomic mass is 15.5. The average molecular weight is 711 g/mol. The molecule has 52 heavy (non-hydrogen) atoms. The lowest BCUT2D eigenvalue weighted by Gasteiger charge is -2.33. The van der Waals surface area contributed by atoms with Gasteiger partial charge in [-0.05, 0) is 34.1 Å². The first-order chi connectivity index (χ1) is 25.2. The van der Waals surface area contributed by atoms with Crippen LogP contribution >= 0.6 is 0 Å². The van der Waals surface area contributed by atoms with Gasteiger partial charge in [-0.25, -0.2) is 23.6 Å². The summed E-state index contributed by atoms with van der Waals surface area (Å²) in [6.45, 7) is 19.9. The van der Waals surface area contributed by atoms with Gasteiger partial charge in [-0.1, -0.05) is 0 Å². The number of nitriles is 1. The van der Waals surface area contributed by atoms with Crippen molar-refractivity contribution in [3.63, 3.8) is 0 Å². The van der Waals surface area contributed by atoms with Crippen LogP contribution in [-0.2, 0) is 0 Å². The van der Waals surface area contributed by atoms with Crippen LogP contribution in [0.5, 0.6) is 0 Å². The normalized spacial score (nSPS) is 22.7. The Morgan fingerprint density at radius 2 is 1.25 bits per heavy atom. The number of rotatable bonds is 8. The summed E-state index contributed by atoms with van der Waals surface area (Å²) >= 11 is 0. The molecule has 10 N–H and O–H groups in total. The minimum absolute atomic E-state index is 0.173. The molecular formula is C30H42N22. The Morgan fingerprint density at radius 3 is 1.85 bits per heavy atom. The standard InChI is InChI=1S/C30H42N22/c1-15-19(12-31)28(50(45-15)21-13-35-8-10-37-21)43-41-24-17(3)48-52(27(24)33)30-39-7-6-20(40-30)49-26(32)23(16(2)46-49)42-44-29-25(34-5)18(4)47-51(29)22-14-36-9-11-38-22/h20-22,30,35-40H,6-11,13-14,32-33H2,1-4H3. The molecule has 0 aliphatic carbocycles. The Hall–Kier alpha value is -5.62. The lowest BCUT2D eigenvalue weighted by molar-refractivity contribution is 0.174. The third-order valence-electron chi connectivity index (χ3n) is 9.26. The SMILES string of the molecule is [C-]#[N+]c1c(C)nn(C2CNCCN2)c1N=Nc1c(C)nn(C2CCNC(n3nc(C)c(N=Nc4c(C#N)c(C)nn4C4CNCCN4)c3N)N2)c1N. The second kappa shape index (κ2) is 14.5. The van der Waals surface area contributed by atoms with Crippen molar-refractivity contribution in [1.82, 2.24) is 71.0 Å².